The Kier molecular flexibility index (Phi) is 15.7. The van der Waals surface area contributed by atoms with Crippen molar-refractivity contribution in [3.63, 3.8) is 0 Å². The average Bonchev–Trinajstić information content (AvgIpc) is 2.63. The van der Waals surface area contributed by atoms with E-state index >= 15 is 0 Å². The predicted octanol–water partition coefficient (Wildman–Crippen LogP) is 1.71. The monoisotopic (exact) mass is 360 g/mol. The van der Waals surface area contributed by atoms with Crippen LogP contribution in [0.25, 0.3) is 0 Å². The first-order valence-electron chi connectivity index (χ1n) is 10.2. The van der Waals surface area contributed by atoms with E-state index in [0.717, 1.165) is 39.1 Å². The number of aliphatic hydroxyl groups is 1. The molecule has 0 aromatic carbocycles. The number of aliphatic hydroxyl groups excluding tert-OH is 1. The molecule has 0 saturated carbocycles. The van der Waals surface area contributed by atoms with Crippen molar-refractivity contribution in [2.75, 3.05) is 59.3 Å². The number of ether oxygens (including phenoxy) is 3. The molecule has 0 aliphatic carbocycles. The van der Waals surface area contributed by atoms with E-state index in [1.165, 1.54) is 32.1 Å². The zero-order valence-electron chi connectivity index (χ0n) is 16.1. The molecule has 1 aliphatic rings. The highest BCUT2D eigenvalue weighted by Gasteiger charge is 2.21. The van der Waals surface area contributed by atoms with Gasteiger partial charge in [0.15, 0.2) is 0 Å². The first-order chi connectivity index (χ1) is 12.3. The minimum atomic E-state index is -0.249. The lowest BCUT2D eigenvalue weighted by Crippen LogP contribution is -2.52. The van der Waals surface area contributed by atoms with Gasteiger partial charge >= 0.3 is 0 Å². The van der Waals surface area contributed by atoms with E-state index in [9.17, 15) is 5.11 Å². The van der Waals surface area contributed by atoms with Crippen LogP contribution in [0, 0.1) is 0 Å². The second-order valence-corrected chi connectivity index (χ2v) is 6.73. The van der Waals surface area contributed by atoms with Crippen molar-refractivity contribution < 1.29 is 19.3 Å². The Hall–Kier alpha value is -0.240. The van der Waals surface area contributed by atoms with Crippen LogP contribution in [0.2, 0.25) is 0 Å². The minimum Gasteiger partial charge on any atom is -0.391 e. The molecule has 0 spiro atoms. The van der Waals surface area contributed by atoms with Gasteiger partial charge in [0.05, 0.1) is 39.1 Å². The van der Waals surface area contributed by atoms with Crippen molar-refractivity contribution in [1.29, 1.82) is 0 Å². The van der Waals surface area contributed by atoms with Crippen LogP contribution in [-0.4, -0.2) is 76.5 Å². The molecule has 6 heteroatoms. The third-order valence-corrected chi connectivity index (χ3v) is 4.48. The van der Waals surface area contributed by atoms with E-state index in [1.807, 2.05) is 0 Å². The summed E-state index contributed by atoms with van der Waals surface area (Å²) in [4.78, 5) is 0. The molecule has 2 unspecified atom stereocenters. The minimum absolute atomic E-state index is 0.136. The van der Waals surface area contributed by atoms with Crippen molar-refractivity contribution in [3.8, 4) is 0 Å². The summed E-state index contributed by atoms with van der Waals surface area (Å²) >= 11 is 0. The molecule has 150 valence electrons. The lowest BCUT2D eigenvalue weighted by Gasteiger charge is -2.29. The second-order valence-electron chi connectivity index (χ2n) is 6.73. The molecule has 1 fully saturated rings. The summed E-state index contributed by atoms with van der Waals surface area (Å²) in [5.74, 6) is 0. The summed E-state index contributed by atoms with van der Waals surface area (Å²) in [6.45, 7) is 8.72. The van der Waals surface area contributed by atoms with Crippen molar-refractivity contribution in [3.05, 3.63) is 0 Å². The highest BCUT2D eigenvalue weighted by atomic mass is 16.5. The van der Waals surface area contributed by atoms with Crippen LogP contribution in [0.1, 0.15) is 51.9 Å². The molecule has 0 amide bonds. The third-order valence-electron chi connectivity index (χ3n) is 4.48. The smallest absolute Gasteiger partial charge is 0.0717 e. The standard InChI is InChI=1S/C19H40N2O4/c1-2-3-4-5-6-7-11-23-13-15-25-16-14-24-12-10-21-18-17-20-9-8-19(18)22/h18-22H,2-17H2,1H3. The molecule has 6 nitrogen and oxygen atoms in total. The van der Waals surface area contributed by atoms with Gasteiger partial charge in [-0.2, -0.15) is 0 Å². The molecule has 1 saturated heterocycles. The maximum atomic E-state index is 9.82. The molecule has 3 N–H and O–H groups in total. The molecule has 0 radical (unpaired) electrons. The average molecular weight is 361 g/mol. The first kappa shape index (κ1) is 22.8. The molecular weight excluding hydrogens is 320 g/mol. The summed E-state index contributed by atoms with van der Waals surface area (Å²) in [5.41, 5.74) is 0. The zero-order valence-corrected chi connectivity index (χ0v) is 16.1. The SMILES string of the molecule is CCCCCCCCOCCOCCOCCNC1CNCCC1O. The molecule has 1 aliphatic heterocycles. The van der Waals surface area contributed by atoms with Crippen molar-refractivity contribution in [2.45, 2.75) is 64.0 Å². The van der Waals surface area contributed by atoms with Crippen molar-refractivity contribution in [1.82, 2.24) is 10.6 Å². The Morgan fingerprint density at radius 3 is 2.24 bits per heavy atom. The summed E-state index contributed by atoms with van der Waals surface area (Å²) in [5, 5.41) is 16.4. The summed E-state index contributed by atoms with van der Waals surface area (Å²) in [7, 11) is 0. The van der Waals surface area contributed by atoms with Gasteiger partial charge in [0.2, 0.25) is 0 Å². The summed E-state index contributed by atoms with van der Waals surface area (Å²) in [6, 6.07) is 0.136. The van der Waals surface area contributed by atoms with Gasteiger partial charge in [-0.15, -0.1) is 0 Å². The highest BCUT2D eigenvalue weighted by molar-refractivity contribution is 4.82. The third kappa shape index (κ3) is 13.6. The van der Waals surface area contributed by atoms with Gasteiger partial charge in [-0.25, -0.2) is 0 Å². The largest absolute Gasteiger partial charge is 0.391 e. The normalized spacial score (nSPS) is 20.9. The quantitative estimate of drug-likeness (QED) is 0.343. The highest BCUT2D eigenvalue weighted by Crippen LogP contribution is 2.05. The topological polar surface area (TPSA) is 72.0 Å². The Labute approximate surface area is 154 Å². The van der Waals surface area contributed by atoms with Crippen molar-refractivity contribution >= 4 is 0 Å². The predicted molar refractivity (Wildman–Crippen MR) is 101 cm³/mol. The van der Waals surface area contributed by atoms with Crippen molar-refractivity contribution in [2.24, 2.45) is 0 Å². The number of hydrogen-bond donors (Lipinski definition) is 3. The fourth-order valence-electron chi connectivity index (χ4n) is 2.90. The second kappa shape index (κ2) is 17.2. The number of nitrogens with one attached hydrogen (secondary N) is 2. The Morgan fingerprint density at radius 1 is 0.880 bits per heavy atom. The number of rotatable bonds is 17. The van der Waals surface area contributed by atoms with Crippen LogP contribution in [0.15, 0.2) is 0 Å². The summed E-state index contributed by atoms with van der Waals surface area (Å²) < 4.78 is 16.6. The number of unbranched alkanes of at least 4 members (excludes halogenated alkanes) is 5. The van der Waals surface area contributed by atoms with Gasteiger partial charge in [0, 0.05) is 25.7 Å². The number of hydrogen-bond acceptors (Lipinski definition) is 6. The first-order valence-corrected chi connectivity index (χ1v) is 10.2. The molecule has 0 aromatic heterocycles. The maximum Gasteiger partial charge on any atom is 0.0717 e. The van der Waals surface area contributed by atoms with E-state index in [0.29, 0.717) is 33.0 Å². The van der Waals surface area contributed by atoms with Gasteiger partial charge < -0.3 is 30.0 Å². The van der Waals surface area contributed by atoms with Gasteiger partial charge in [-0.1, -0.05) is 39.0 Å². The Bertz CT molecular complexity index is 282. The lowest BCUT2D eigenvalue weighted by molar-refractivity contribution is 0.0131. The van der Waals surface area contributed by atoms with Gasteiger partial charge in [0.1, 0.15) is 0 Å². The summed E-state index contributed by atoms with van der Waals surface area (Å²) in [6.07, 6.45) is 8.33. The fraction of sp³-hybridized carbons (Fsp3) is 1.00. The molecular formula is C19H40N2O4. The zero-order chi connectivity index (χ0) is 18.0. The molecule has 0 bridgehead atoms. The molecule has 1 rings (SSSR count). The Balaban J connectivity index is 1.70. The maximum absolute atomic E-state index is 9.82. The number of piperidine rings is 1. The van der Waals surface area contributed by atoms with E-state index in [2.05, 4.69) is 17.6 Å². The lowest BCUT2D eigenvalue weighted by atomic mass is 10.0. The van der Waals surface area contributed by atoms with E-state index in [4.69, 9.17) is 14.2 Å². The van der Waals surface area contributed by atoms with Crippen LogP contribution >= 0.6 is 0 Å². The van der Waals surface area contributed by atoms with E-state index in [1.54, 1.807) is 0 Å². The van der Waals surface area contributed by atoms with Gasteiger partial charge in [0.25, 0.3) is 0 Å². The van der Waals surface area contributed by atoms with Crippen LogP contribution in [-0.2, 0) is 14.2 Å². The van der Waals surface area contributed by atoms with Crippen LogP contribution in [0.4, 0.5) is 0 Å². The molecule has 0 aromatic rings. The Morgan fingerprint density at radius 2 is 1.52 bits per heavy atom. The van der Waals surface area contributed by atoms with E-state index in [-0.39, 0.29) is 12.1 Å². The van der Waals surface area contributed by atoms with Gasteiger partial charge in [-0.05, 0) is 19.4 Å². The van der Waals surface area contributed by atoms with Crippen LogP contribution in [0.5, 0.6) is 0 Å². The van der Waals surface area contributed by atoms with Gasteiger partial charge in [-0.3, -0.25) is 0 Å². The molecule has 1 heterocycles. The van der Waals surface area contributed by atoms with E-state index < -0.39 is 0 Å². The van der Waals surface area contributed by atoms with Crippen LogP contribution < -0.4 is 10.6 Å². The van der Waals surface area contributed by atoms with Crippen LogP contribution in [0.3, 0.4) is 0 Å². The molecule has 2 atom stereocenters. The fourth-order valence-corrected chi connectivity index (χ4v) is 2.90. The molecule has 25 heavy (non-hydrogen) atoms.